The van der Waals surface area contributed by atoms with Crippen LogP contribution < -0.4 is 56.7 Å². The van der Waals surface area contributed by atoms with Gasteiger partial charge in [0, 0.05) is 78.2 Å². The second-order valence-corrected chi connectivity index (χ2v) is 7.74. The number of nitrogens with zero attached hydrogens (tertiary/aromatic N) is 1. The number of nitrogens with one attached hydrogen (secondary N) is 1. The fourth-order valence-electron chi connectivity index (χ4n) is 3.85. The molecule has 1 saturated carbocycles. The molecule has 0 aromatic carbocycles. The first kappa shape index (κ1) is 41.9. The number of esters is 1. The summed E-state index contributed by atoms with van der Waals surface area (Å²) in [6.45, 7) is 11.9. The molecule has 1 aliphatic carbocycles. The number of rotatable bonds is 11. The van der Waals surface area contributed by atoms with Gasteiger partial charge in [-0.1, -0.05) is 25.0 Å². The van der Waals surface area contributed by atoms with E-state index in [-0.39, 0.29) is 156 Å². The van der Waals surface area contributed by atoms with Gasteiger partial charge in [0.1, 0.15) is 11.6 Å². The number of methoxy groups -OCH3 is 1. The SMILES string of the molecule is C=CCCCCC[CH-]C(=O)N1C[C@H]([CH2-])C[C@H]1C(=O)NC1(C(=O)OC)CC1C=C.[3H-].[CH3-].[K+].[V].[W].[Y]. The molecule has 33 heavy (non-hydrogen) atoms. The first-order chi connectivity index (χ1) is 13.4. The largest absolute Gasteiger partial charge is 1.00 e. The van der Waals surface area contributed by atoms with E-state index >= 15 is 0 Å². The van der Waals surface area contributed by atoms with Crippen LogP contribution in [0.1, 0.15) is 46.4 Å². The molecule has 1 aliphatic heterocycles. The molecule has 1 heterocycles. The molecular formula is C23H36KN2O4VWY-3. The molecule has 0 spiro atoms. The Kier molecular flexibility index (Phi) is 26.4. The van der Waals surface area contributed by atoms with Gasteiger partial charge in [-0.15, -0.1) is 19.1 Å². The third kappa shape index (κ3) is 11.8. The van der Waals surface area contributed by atoms with Gasteiger partial charge in [0.25, 0.3) is 0 Å². The Bertz CT molecular complexity index is 650. The third-order valence-electron chi connectivity index (χ3n) is 5.60. The molecule has 4 atom stereocenters. The average Bonchev–Trinajstić information content (AvgIpc) is 3.26. The van der Waals surface area contributed by atoms with Crippen LogP contribution in [0.4, 0.5) is 0 Å². The predicted octanol–water partition coefficient (Wildman–Crippen LogP) is 0.172. The summed E-state index contributed by atoms with van der Waals surface area (Å²) in [5.74, 6) is -1.10. The van der Waals surface area contributed by atoms with Gasteiger partial charge < -0.3 is 41.9 Å². The number of carbonyl (C=O) groups excluding carboxylic acids is 3. The number of unbranched alkanes of at least 4 members (excludes halogenated alkanes) is 4. The summed E-state index contributed by atoms with van der Waals surface area (Å²) in [5, 5.41) is 2.83. The van der Waals surface area contributed by atoms with Crippen LogP contribution in [0.5, 0.6) is 0 Å². The summed E-state index contributed by atoms with van der Waals surface area (Å²) >= 11 is 0. The molecular weight excluding hydrogens is 731 g/mol. The molecule has 2 aliphatic rings. The number of likely N-dealkylation sites (tertiary alicyclic amines) is 1. The summed E-state index contributed by atoms with van der Waals surface area (Å²) in [6, 6.07) is -0.611. The van der Waals surface area contributed by atoms with Crippen molar-refractivity contribution in [1.29, 1.82) is 0 Å². The van der Waals surface area contributed by atoms with Crippen molar-refractivity contribution in [2.45, 2.75) is 56.5 Å². The normalized spacial score (nSPS) is 24.1. The summed E-state index contributed by atoms with van der Waals surface area (Å²) in [4.78, 5) is 39.2. The molecule has 0 aromatic rings. The van der Waals surface area contributed by atoms with E-state index in [4.69, 9.17) is 4.74 Å². The van der Waals surface area contributed by atoms with E-state index in [1.54, 1.807) is 17.4 Å². The minimum atomic E-state index is -1.05. The summed E-state index contributed by atoms with van der Waals surface area (Å²) in [6.07, 6.45) is 10.9. The van der Waals surface area contributed by atoms with Crippen molar-refractivity contribution in [2.75, 3.05) is 13.7 Å². The van der Waals surface area contributed by atoms with Crippen molar-refractivity contribution < 1.29 is 144 Å². The number of amides is 2. The topological polar surface area (TPSA) is 75.7 Å². The molecule has 2 radical (unpaired) electrons. The monoisotopic (exact) mass is 769 g/mol. The predicted molar refractivity (Wildman–Crippen MR) is 115 cm³/mol. The van der Waals surface area contributed by atoms with Gasteiger partial charge in [-0.3, -0.25) is 4.79 Å². The van der Waals surface area contributed by atoms with Crippen LogP contribution in [-0.2, 0) is 91.5 Å². The van der Waals surface area contributed by atoms with E-state index in [1.165, 1.54) is 7.11 Å². The third-order valence-corrected chi connectivity index (χ3v) is 5.60. The van der Waals surface area contributed by atoms with Gasteiger partial charge in [0.15, 0.2) is 0 Å². The first-order valence-corrected chi connectivity index (χ1v) is 10.00. The van der Waals surface area contributed by atoms with Gasteiger partial charge in [-0.05, 0) is 32.2 Å². The van der Waals surface area contributed by atoms with Crippen molar-refractivity contribution in [3.63, 3.8) is 0 Å². The van der Waals surface area contributed by atoms with Crippen LogP contribution >= 0.6 is 0 Å². The smallest absolute Gasteiger partial charge is 1.00 e. The number of hydrogen-bond acceptors (Lipinski definition) is 4. The summed E-state index contributed by atoms with van der Waals surface area (Å²) in [5.41, 5.74) is -1.05. The van der Waals surface area contributed by atoms with Crippen molar-refractivity contribution >= 4 is 17.8 Å². The summed E-state index contributed by atoms with van der Waals surface area (Å²) in [7, 11) is 1.30. The number of ether oxygens (including phenoxy) is 1. The Morgan fingerprint density at radius 3 is 2.45 bits per heavy atom. The van der Waals surface area contributed by atoms with E-state index in [0.717, 1.165) is 25.7 Å². The molecule has 2 fully saturated rings. The van der Waals surface area contributed by atoms with Gasteiger partial charge in [0.05, 0.1) is 13.0 Å². The van der Waals surface area contributed by atoms with E-state index < -0.39 is 17.6 Å². The van der Waals surface area contributed by atoms with E-state index in [9.17, 15) is 14.4 Å². The van der Waals surface area contributed by atoms with Crippen LogP contribution in [0.25, 0.3) is 0 Å². The number of hydrogen-bond donors (Lipinski definition) is 1. The maximum absolute atomic E-state index is 12.9. The quantitative estimate of drug-likeness (QED) is 0.107. The Morgan fingerprint density at radius 2 is 1.94 bits per heavy atom. The van der Waals surface area contributed by atoms with Crippen molar-refractivity contribution in [2.24, 2.45) is 11.8 Å². The van der Waals surface area contributed by atoms with Gasteiger partial charge in [-0.2, -0.15) is 6.42 Å². The minimum absolute atomic E-state index is 0. The first-order valence-electron chi connectivity index (χ1n) is 10.00. The fourth-order valence-corrected chi connectivity index (χ4v) is 3.85. The van der Waals surface area contributed by atoms with Crippen molar-refractivity contribution in [3.8, 4) is 0 Å². The molecule has 0 aromatic heterocycles. The molecule has 2 unspecified atom stereocenters. The Balaban J connectivity index is -0.000000467. The molecule has 1 saturated heterocycles. The van der Waals surface area contributed by atoms with E-state index in [2.05, 4.69) is 25.4 Å². The zero-order valence-electron chi connectivity index (χ0n) is 21.3. The second kappa shape index (κ2) is 20.8. The van der Waals surface area contributed by atoms with Crippen LogP contribution in [0.2, 0.25) is 0 Å². The number of allylic oxidation sites excluding steroid dienone is 1. The Morgan fingerprint density at radius 1 is 1.30 bits per heavy atom. The van der Waals surface area contributed by atoms with Crippen molar-refractivity contribution in [3.05, 3.63) is 46.1 Å². The maximum Gasteiger partial charge on any atom is 1.00 e. The standard InChI is InChI=1S/C22H32N2O4.CH3.K.V.W.Y.H/c1-5-7-8-9-10-11-12-19(25)24-15-16(3)13-18(24)20(26)23-22(21(27)28-4)14-17(22)6-2;;;;;;/h5-6,12,16-18H,1-3,7-11,13-15H2,4H3,(H,23,26);1H3;;;;;/q-2;-1;+1;;;;-1/t16-,17?,18+,22?;;;;;;/m1....../s1/i;;;;;;1+2. The molecule has 1 N–H and O–H groups in total. The molecule has 10 heteroatoms. The van der Waals surface area contributed by atoms with Gasteiger partial charge in [-0.25, -0.2) is 4.79 Å². The van der Waals surface area contributed by atoms with Crippen LogP contribution in [-0.4, -0.2) is 47.9 Å². The van der Waals surface area contributed by atoms with Crippen LogP contribution in [0.3, 0.4) is 0 Å². The zero-order valence-corrected chi connectivity index (χ0v) is 30.5. The van der Waals surface area contributed by atoms with Crippen LogP contribution in [0.15, 0.2) is 25.3 Å². The second-order valence-electron chi connectivity index (χ2n) is 7.74. The molecule has 2 amide bonds. The molecule has 2 rings (SSSR count). The molecule has 0 bridgehead atoms. The fraction of sp³-hybridized carbons (Fsp3) is 0.565. The number of carbonyl (C=O) groups is 3. The molecule has 180 valence electrons. The van der Waals surface area contributed by atoms with Gasteiger partial charge >= 0.3 is 57.4 Å². The van der Waals surface area contributed by atoms with E-state index in [0.29, 0.717) is 25.8 Å². The van der Waals surface area contributed by atoms with Gasteiger partial charge in [0.2, 0.25) is 5.91 Å². The average molecular weight is 769 g/mol. The minimum Gasteiger partial charge on any atom is -1.00 e. The van der Waals surface area contributed by atoms with Crippen molar-refractivity contribution in [1.82, 2.24) is 10.2 Å². The maximum atomic E-state index is 12.9. The Hall–Kier alpha value is 1.77. The van der Waals surface area contributed by atoms with Crippen LogP contribution in [0, 0.1) is 32.6 Å². The molecule has 6 nitrogen and oxygen atoms in total. The Labute approximate surface area is 295 Å². The zero-order chi connectivity index (χ0) is 20.7. The summed E-state index contributed by atoms with van der Waals surface area (Å²) < 4.78 is 4.86. The van der Waals surface area contributed by atoms with E-state index in [1.807, 2.05) is 6.08 Å².